The lowest BCUT2D eigenvalue weighted by Gasteiger charge is -2.34. The van der Waals surface area contributed by atoms with Crippen molar-refractivity contribution in [2.45, 2.75) is 232 Å². The Morgan fingerprint density at radius 1 is 0.519 bits per heavy atom. The molecule has 81 heavy (non-hydrogen) atoms. The Kier molecular flexibility index (Phi) is 25.4. The number of hydrogen-bond acceptors (Lipinski definition) is 16. The maximum Gasteiger partial charge on any atom is 0.411 e. The molecule has 1 saturated carbocycles. The average Bonchev–Trinajstić information content (AvgIpc) is 4.13. The van der Waals surface area contributed by atoms with E-state index in [1.165, 1.54) is 38.3 Å². The Balaban J connectivity index is 0.000000346. The van der Waals surface area contributed by atoms with Gasteiger partial charge in [-0.1, -0.05) is 13.3 Å². The number of rotatable bonds is 5. The fraction of sp³-hybridized carbons (Fsp3) is 0.818. The van der Waals surface area contributed by atoms with E-state index in [9.17, 15) is 53.1 Å². The van der Waals surface area contributed by atoms with Gasteiger partial charge in [0.25, 0.3) is 0 Å². The van der Waals surface area contributed by atoms with E-state index in [0.717, 1.165) is 32.1 Å². The highest BCUT2D eigenvalue weighted by Gasteiger charge is 2.51. The first-order chi connectivity index (χ1) is 36.7. The number of carbonyl (C=O) groups excluding carboxylic acids is 6. The summed E-state index contributed by atoms with van der Waals surface area (Å²) in [7, 11) is 0. The molecule has 0 radical (unpaired) electrons. The molecule has 0 aromatic carbocycles. The molecule has 5 amide bonds. The molecule has 0 aromatic heterocycles. The normalized spacial score (nSPS) is 26.1. The maximum atomic E-state index is 12.0. The van der Waals surface area contributed by atoms with Crippen molar-refractivity contribution in [3.63, 3.8) is 0 Å². The summed E-state index contributed by atoms with van der Waals surface area (Å²) >= 11 is 7.09. The standard InChI is InChI=1S/C13H21NO4.C12H21NO3.C11H19NO4.C10H16ClNO4.C9H15NO4S/c1-13(2,3)18-12(17)14-7-8-5-4-6-9(8)10(14)11(15)16;1-9(14)12(5)7-6-8-13(12)10(15)16-11(2,3)4;1-7-5-6-12(8(7)9(13)14)10(15)16-11(2,3)4;1-10(2,3)16-9(15)12-5-6(11)4-7(12)8(13)14;1-9(2,3)14-8(13)10-4-5-15-6(10)7(11)12/h8-10H,4-7H2,1-3H3,(H,15,16);6-8H2,1-5H3;7-8H,5-6H2,1-4H3,(H,13,14);6-7H,4-5H2,1-3H3,(H,13,14);6H,4-5H2,1-3H3,(H,11,12). The van der Waals surface area contributed by atoms with Gasteiger partial charge in [0.05, 0.1) is 5.38 Å². The zero-order valence-electron chi connectivity index (χ0n) is 50.7. The molecule has 5 heterocycles. The summed E-state index contributed by atoms with van der Waals surface area (Å²) in [4.78, 5) is 121. The Hall–Kier alpha value is -5.46. The second kappa shape index (κ2) is 28.7. The second-order valence-corrected chi connectivity index (χ2v) is 27.9. The van der Waals surface area contributed by atoms with Crippen LogP contribution in [0.15, 0.2) is 0 Å². The molecule has 0 spiro atoms. The van der Waals surface area contributed by atoms with E-state index in [-0.39, 0.29) is 42.1 Å². The van der Waals surface area contributed by atoms with Crippen LogP contribution in [0, 0.1) is 17.8 Å². The van der Waals surface area contributed by atoms with Crippen molar-refractivity contribution < 1.29 is 92.1 Å². The molecular weight excluding hydrogens is 1100 g/mol. The topological polar surface area (TPSA) is 314 Å². The number of fused-ring (bicyclic) bond motifs is 1. The van der Waals surface area contributed by atoms with Crippen molar-refractivity contribution in [1.82, 2.24) is 24.5 Å². The van der Waals surface area contributed by atoms with Crippen molar-refractivity contribution in [3.8, 4) is 0 Å². The van der Waals surface area contributed by atoms with E-state index in [4.69, 9.17) is 50.6 Å². The number of carboxylic acids is 4. The predicted molar refractivity (Wildman–Crippen MR) is 300 cm³/mol. The van der Waals surface area contributed by atoms with E-state index in [1.807, 2.05) is 34.6 Å². The van der Waals surface area contributed by atoms with Crippen LogP contribution in [0.3, 0.4) is 0 Å². The third-order valence-electron chi connectivity index (χ3n) is 13.3. The molecule has 0 bridgehead atoms. The number of carboxylic acid groups (broad SMARTS) is 4. The summed E-state index contributed by atoms with van der Waals surface area (Å²) in [5.41, 5.74) is -3.60. The maximum absolute atomic E-state index is 12.0. The van der Waals surface area contributed by atoms with E-state index in [2.05, 4.69) is 0 Å². The van der Waals surface area contributed by atoms with Gasteiger partial charge in [0.2, 0.25) is 0 Å². The van der Waals surface area contributed by atoms with Crippen LogP contribution in [0.1, 0.15) is 170 Å². The number of carbonyl (C=O) groups is 10. The third kappa shape index (κ3) is 22.7. The Morgan fingerprint density at radius 2 is 0.963 bits per heavy atom. The molecule has 1 aliphatic carbocycles. The van der Waals surface area contributed by atoms with Crippen LogP contribution in [-0.2, 0) is 47.7 Å². The van der Waals surface area contributed by atoms with E-state index < -0.39 is 105 Å². The number of alkyl halides is 1. The lowest BCUT2D eigenvalue weighted by atomic mass is 9.94. The van der Waals surface area contributed by atoms with Gasteiger partial charge in [0, 0.05) is 38.5 Å². The molecule has 0 aromatic rings. The number of nitrogens with zero attached hydrogens (tertiary/aromatic N) is 5. The SMILES string of the molecule is CC(=O)C1(C)CCCN1C(=O)OC(C)(C)C.CC(C)(C)OC(=O)N1CC(Cl)CC1C(=O)O.CC(C)(C)OC(=O)N1CC2CCCC2C1C(=O)O.CC(C)(C)OC(=O)N1CCSC1C(=O)O.CC1CCN(C(=O)OC(C)(C)C)C1C(=O)O. The number of Topliss-reactive ketones (excluding diaryl/α,β-unsaturated/α-hetero) is 1. The van der Waals surface area contributed by atoms with Crippen LogP contribution in [0.25, 0.3) is 0 Å². The van der Waals surface area contributed by atoms with Crippen LogP contribution in [-0.4, -0.2) is 206 Å². The summed E-state index contributed by atoms with van der Waals surface area (Å²) in [6.07, 6.45) is 2.94. The van der Waals surface area contributed by atoms with Crippen molar-refractivity contribution in [2.24, 2.45) is 17.8 Å². The number of thioether (sulfide) groups is 1. The first kappa shape index (κ1) is 71.6. The highest BCUT2D eigenvalue weighted by molar-refractivity contribution is 8.00. The zero-order valence-corrected chi connectivity index (χ0v) is 52.3. The Morgan fingerprint density at radius 3 is 1.40 bits per heavy atom. The summed E-state index contributed by atoms with van der Waals surface area (Å²) in [5.74, 6) is -2.84. The van der Waals surface area contributed by atoms with Gasteiger partial charge >= 0.3 is 54.3 Å². The largest absolute Gasteiger partial charge is 0.480 e. The van der Waals surface area contributed by atoms with Crippen LogP contribution in [0.4, 0.5) is 24.0 Å². The van der Waals surface area contributed by atoms with Crippen molar-refractivity contribution in [1.29, 1.82) is 0 Å². The zero-order chi connectivity index (χ0) is 62.7. The van der Waals surface area contributed by atoms with Gasteiger partial charge in [-0.2, -0.15) is 0 Å². The molecule has 9 unspecified atom stereocenters. The van der Waals surface area contributed by atoms with Crippen LogP contribution < -0.4 is 0 Å². The highest BCUT2D eigenvalue weighted by Crippen LogP contribution is 2.43. The first-order valence-electron chi connectivity index (χ1n) is 27.4. The quantitative estimate of drug-likeness (QED) is 0.147. The molecule has 5 saturated heterocycles. The molecule has 24 nitrogen and oxygen atoms in total. The summed E-state index contributed by atoms with van der Waals surface area (Å²) in [5, 5.41) is 35.1. The molecule has 4 N–H and O–H groups in total. The van der Waals surface area contributed by atoms with Gasteiger partial charge in [0.1, 0.15) is 51.7 Å². The first-order valence-corrected chi connectivity index (χ1v) is 28.9. The fourth-order valence-electron chi connectivity index (χ4n) is 9.64. The Bertz CT molecular complexity index is 2230. The molecule has 6 aliphatic rings. The number of hydrogen-bond donors (Lipinski definition) is 4. The lowest BCUT2D eigenvalue weighted by Crippen LogP contribution is -2.51. The average molecular weight is 1190 g/mol. The van der Waals surface area contributed by atoms with Crippen LogP contribution >= 0.6 is 23.4 Å². The third-order valence-corrected chi connectivity index (χ3v) is 14.8. The molecule has 6 fully saturated rings. The summed E-state index contributed by atoms with van der Waals surface area (Å²) in [6, 6.07) is -2.33. The van der Waals surface area contributed by atoms with E-state index in [0.29, 0.717) is 44.3 Å². The van der Waals surface area contributed by atoms with Gasteiger partial charge in [0.15, 0.2) is 11.2 Å². The predicted octanol–water partition coefficient (Wildman–Crippen LogP) is 9.26. The van der Waals surface area contributed by atoms with Gasteiger partial charge in [-0.25, -0.2) is 43.2 Å². The lowest BCUT2D eigenvalue weighted by molar-refractivity contribution is -0.144. The minimum atomic E-state index is -1.05. The number of ketones is 1. The molecule has 464 valence electrons. The number of halogens is 1. The smallest absolute Gasteiger partial charge is 0.411 e. The van der Waals surface area contributed by atoms with Crippen LogP contribution in [0.5, 0.6) is 0 Å². The number of amides is 5. The van der Waals surface area contributed by atoms with Gasteiger partial charge in [-0.15, -0.1) is 23.4 Å². The van der Waals surface area contributed by atoms with Gasteiger partial charge in [-0.05, 0) is 174 Å². The number of ether oxygens (including phenoxy) is 5. The number of likely N-dealkylation sites (tertiary alicyclic amines) is 4. The summed E-state index contributed by atoms with van der Waals surface area (Å²) < 4.78 is 26.0. The van der Waals surface area contributed by atoms with Crippen molar-refractivity contribution in [2.75, 3.05) is 38.5 Å². The van der Waals surface area contributed by atoms with Crippen molar-refractivity contribution in [3.05, 3.63) is 0 Å². The monoisotopic (exact) mass is 1190 g/mol. The summed E-state index contributed by atoms with van der Waals surface area (Å²) in [6.45, 7) is 34.0. The minimum absolute atomic E-state index is 0.0231. The van der Waals surface area contributed by atoms with Gasteiger partial charge < -0.3 is 44.1 Å². The van der Waals surface area contributed by atoms with E-state index >= 15 is 0 Å². The molecular formula is C55H92ClN5O19S. The Labute approximate surface area is 486 Å². The van der Waals surface area contributed by atoms with Crippen molar-refractivity contribution >= 4 is 83.5 Å². The van der Waals surface area contributed by atoms with Crippen LogP contribution in [0.2, 0.25) is 0 Å². The highest BCUT2D eigenvalue weighted by atomic mass is 35.5. The minimum Gasteiger partial charge on any atom is -0.480 e. The van der Waals surface area contributed by atoms with E-state index in [1.54, 1.807) is 88.0 Å². The number of aliphatic carboxylic acids is 4. The molecule has 6 rings (SSSR count). The second-order valence-electron chi connectivity index (χ2n) is 26.1. The molecule has 5 aliphatic heterocycles. The fourth-order valence-corrected chi connectivity index (χ4v) is 11.0. The molecule has 9 atom stereocenters. The molecule has 26 heteroatoms. The van der Waals surface area contributed by atoms with Gasteiger partial charge in [-0.3, -0.25) is 29.3 Å².